The van der Waals surface area contributed by atoms with Crippen LogP contribution in [0, 0.1) is 13.8 Å². The molecule has 1 aliphatic rings. The van der Waals surface area contributed by atoms with E-state index < -0.39 is 0 Å². The van der Waals surface area contributed by atoms with Crippen LogP contribution in [0.15, 0.2) is 82.6 Å². The summed E-state index contributed by atoms with van der Waals surface area (Å²) in [6.45, 7) is 4.00. The number of hydrogen-bond acceptors (Lipinski definition) is 4. The lowest BCUT2D eigenvalue weighted by atomic mass is 9.99. The molecule has 3 aromatic rings. The molecule has 0 atom stereocenters. The molecule has 0 aliphatic carbocycles. The van der Waals surface area contributed by atoms with Gasteiger partial charge in [0.1, 0.15) is 0 Å². The third-order valence-corrected chi connectivity index (χ3v) is 6.37. The summed E-state index contributed by atoms with van der Waals surface area (Å²) in [7, 11) is 3.91. The molecular weight excluding hydrogens is 404 g/mol. The predicted molar refractivity (Wildman–Crippen MR) is 128 cm³/mol. The largest absolute Gasteiger partial charge is 0.378 e. The molecule has 31 heavy (non-hydrogen) atoms. The van der Waals surface area contributed by atoms with Gasteiger partial charge < -0.3 is 4.90 Å². The maximum atomic E-state index is 13.6. The van der Waals surface area contributed by atoms with Gasteiger partial charge in [-0.05, 0) is 61.4 Å². The Labute approximate surface area is 187 Å². The highest BCUT2D eigenvalue weighted by Gasteiger charge is 2.40. The van der Waals surface area contributed by atoms with Crippen LogP contribution >= 0.6 is 11.8 Å². The summed E-state index contributed by atoms with van der Waals surface area (Å²) < 4.78 is 0. The van der Waals surface area contributed by atoms with Gasteiger partial charge in [0.25, 0.3) is 11.8 Å². The summed E-state index contributed by atoms with van der Waals surface area (Å²) in [6.07, 6.45) is 0. The molecule has 4 nitrogen and oxygen atoms in total. The number of carbonyl (C=O) groups is 2. The SMILES string of the molecule is Cc1ccc(C2=C(Sc3ccccc3)C(=O)N(c3ccc(N(C)C)cc3)C2=O)c(C)c1. The van der Waals surface area contributed by atoms with Gasteiger partial charge in [-0.25, -0.2) is 4.90 Å². The van der Waals surface area contributed by atoms with Crippen molar-refractivity contribution in [2.45, 2.75) is 18.7 Å². The Morgan fingerprint density at radius 2 is 1.48 bits per heavy atom. The van der Waals surface area contributed by atoms with Crippen LogP contribution in [0.4, 0.5) is 11.4 Å². The van der Waals surface area contributed by atoms with Crippen LogP contribution in [0.1, 0.15) is 16.7 Å². The zero-order valence-electron chi connectivity index (χ0n) is 18.0. The third-order valence-electron chi connectivity index (χ3n) is 5.28. The molecule has 5 heteroatoms. The van der Waals surface area contributed by atoms with Crippen molar-refractivity contribution < 1.29 is 9.59 Å². The Balaban J connectivity index is 1.81. The highest BCUT2D eigenvalue weighted by molar-refractivity contribution is 8.04. The van der Waals surface area contributed by atoms with E-state index in [1.165, 1.54) is 16.7 Å². The van der Waals surface area contributed by atoms with Crippen molar-refractivity contribution in [1.82, 2.24) is 0 Å². The number of rotatable bonds is 5. The van der Waals surface area contributed by atoms with Gasteiger partial charge in [0, 0.05) is 24.7 Å². The first-order valence-electron chi connectivity index (χ1n) is 10.1. The first-order valence-corrected chi connectivity index (χ1v) is 10.9. The molecule has 0 fully saturated rings. The summed E-state index contributed by atoms with van der Waals surface area (Å²) in [6, 6.07) is 23.1. The van der Waals surface area contributed by atoms with Gasteiger partial charge in [0.15, 0.2) is 0 Å². The predicted octanol–water partition coefficient (Wildman–Crippen LogP) is 5.45. The Morgan fingerprint density at radius 1 is 0.806 bits per heavy atom. The number of benzene rings is 3. The summed E-state index contributed by atoms with van der Waals surface area (Å²) >= 11 is 1.34. The van der Waals surface area contributed by atoms with Crippen molar-refractivity contribution in [2.75, 3.05) is 23.9 Å². The smallest absolute Gasteiger partial charge is 0.272 e. The number of amides is 2. The molecule has 0 saturated heterocycles. The van der Waals surface area contributed by atoms with Gasteiger partial charge in [-0.3, -0.25) is 9.59 Å². The molecule has 0 aromatic heterocycles. The van der Waals surface area contributed by atoms with Crippen molar-refractivity contribution >= 4 is 40.5 Å². The molecular formula is C26H24N2O2S. The first-order chi connectivity index (χ1) is 14.9. The van der Waals surface area contributed by atoms with E-state index in [0.29, 0.717) is 16.2 Å². The van der Waals surface area contributed by atoms with Crippen molar-refractivity contribution in [3.63, 3.8) is 0 Å². The number of imide groups is 1. The summed E-state index contributed by atoms with van der Waals surface area (Å²) in [5.74, 6) is -0.570. The molecule has 0 saturated carbocycles. The lowest BCUT2D eigenvalue weighted by Crippen LogP contribution is -2.31. The van der Waals surface area contributed by atoms with E-state index in [1.807, 2.05) is 106 Å². The number of nitrogens with zero attached hydrogens (tertiary/aromatic N) is 2. The number of carbonyl (C=O) groups excluding carboxylic acids is 2. The average molecular weight is 429 g/mol. The Bertz CT molecular complexity index is 1180. The fraction of sp³-hybridized carbons (Fsp3) is 0.154. The standard InChI is InChI=1S/C26H24N2O2S/c1-17-10-15-22(18(2)16-17)23-24(31-21-8-6-5-7-9-21)26(30)28(25(23)29)20-13-11-19(12-14-20)27(3)4/h5-16H,1-4H3. The minimum absolute atomic E-state index is 0.284. The Morgan fingerprint density at radius 3 is 2.10 bits per heavy atom. The van der Waals surface area contributed by atoms with Gasteiger partial charge in [-0.15, -0.1) is 0 Å². The number of anilines is 2. The third kappa shape index (κ3) is 4.01. The van der Waals surface area contributed by atoms with Crippen LogP contribution in [-0.2, 0) is 9.59 Å². The molecule has 1 aliphatic heterocycles. The second-order valence-corrected chi connectivity index (χ2v) is 8.88. The fourth-order valence-electron chi connectivity index (χ4n) is 3.68. The van der Waals surface area contributed by atoms with E-state index in [9.17, 15) is 9.59 Å². The topological polar surface area (TPSA) is 40.6 Å². The molecule has 0 radical (unpaired) electrons. The van der Waals surface area contributed by atoms with E-state index in [4.69, 9.17) is 0 Å². The van der Waals surface area contributed by atoms with Crippen molar-refractivity contribution in [2.24, 2.45) is 0 Å². The van der Waals surface area contributed by atoms with Crippen LogP contribution in [-0.4, -0.2) is 25.9 Å². The minimum Gasteiger partial charge on any atom is -0.378 e. The summed E-state index contributed by atoms with van der Waals surface area (Å²) in [4.78, 5) is 31.8. The zero-order chi connectivity index (χ0) is 22.1. The van der Waals surface area contributed by atoms with E-state index in [1.54, 1.807) is 0 Å². The van der Waals surface area contributed by atoms with E-state index >= 15 is 0 Å². The molecule has 156 valence electrons. The average Bonchev–Trinajstić information content (AvgIpc) is 2.99. The van der Waals surface area contributed by atoms with E-state index in [0.717, 1.165) is 27.3 Å². The number of hydrogen-bond donors (Lipinski definition) is 0. The molecule has 0 N–H and O–H groups in total. The zero-order valence-corrected chi connectivity index (χ0v) is 18.9. The maximum absolute atomic E-state index is 13.6. The molecule has 3 aromatic carbocycles. The van der Waals surface area contributed by atoms with Gasteiger partial charge in [0.2, 0.25) is 0 Å². The normalized spacial score (nSPS) is 13.9. The van der Waals surface area contributed by atoms with Gasteiger partial charge in [-0.1, -0.05) is 53.7 Å². The van der Waals surface area contributed by atoms with Crippen LogP contribution in [0.2, 0.25) is 0 Å². The lowest BCUT2D eigenvalue weighted by Gasteiger charge is -2.18. The molecule has 0 bridgehead atoms. The second kappa shape index (κ2) is 8.44. The summed E-state index contributed by atoms with van der Waals surface area (Å²) in [5, 5.41) is 0. The van der Waals surface area contributed by atoms with Crippen molar-refractivity contribution in [3.8, 4) is 0 Å². The quantitative estimate of drug-likeness (QED) is 0.507. The molecule has 0 unspecified atom stereocenters. The highest BCUT2D eigenvalue weighted by Crippen LogP contribution is 2.42. The monoisotopic (exact) mass is 428 g/mol. The van der Waals surface area contributed by atoms with Gasteiger partial charge in [-0.2, -0.15) is 0 Å². The summed E-state index contributed by atoms with van der Waals surface area (Å²) in [5.41, 5.74) is 4.94. The van der Waals surface area contributed by atoms with E-state index in [-0.39, 0.29) is 11.8 Å². The Kier molecular flexibility index (Phi) is 5.70. The van der Waals surface area contributed by atoms with Gasteiger partial charge >= 0.3 is 0 Å². The molecule has 0 spiro atoms. The Hall–Kier alpha value is -3.31. The fourth-order valence-corrected chi connectivity index (χ4v) is 4.68. The van der Waals surface area contributed by atoms with Crippen molar-refractivity contribution in [1.29, 1.82) is 0 Å². The number of aryl methyl sites for hydroxylation is 2. The van der Waals surface area contributed by atoms with Crippen LogP contribution in [0.3, 0.4) is 0 Å². The van der Waals surface area contributed by atoms with E-state index in [2.05, 4.69) is 0 Å². The maximum Gasteiger partial charge on any atom is 0.272 e. The van der Waals surface area contributed by atoms with Crippen LogP contribution in [0.5, 0.6) is 0 Å². The van der Waals surface area contributed by atoms with Crippen molar-refractivity contribution in [3.05, 3.63) is 94.4 Å². The lowest BCUT2D eigenvalue weighted by molar-refractivity contribution is -0.119. The minimum atomic E-state index is -0.286. The van der Waals surface area contributed by atoms with Crippen LogP contribution in [0.25, 0.3) is 5.57 Å². The number of thioether (sulfide) groups is 1. The molecule has 1 heterocycles. The molecule has 4 rings (SSSR count). The second-order valence-electron chi connectivity index (χ2n) is 7.79. The molecule has 2 amide bonds. The highest BCUT2D eigenvalue weighted by atomic mass is 32.2. The van der Waals surface area contributed by atoms with Crippen LogP contribution < -0.4 is 9.80 Å². The first kappa shape index (κ1) is 20.9. The van der Waals surface area contributed by atoms with Gasteiger partial charge in [0.05, 0.1) is 16.2 Å².